The normalized spacial score (nSPS) is 12.7. The number of hydrogen-bond acceptors (Lipinski definition) is 4. The molecule has 0 aliphatic heterocycles. The number of methoxy groups -OCH3 is 1. The molecular formula is C15H26N2O2. The van der Waals surface area contributed by atoms with E-state index in [2.05, 4.69) is 36.4 Å². The van der Waals surface area contributed by atoms with E-state index >= 15 is 0 Å². The van der Waals surface area contributed by atoms with Crippen LogP contribution < -0.4 is 10.1 Å². The van der Waals surface area contributed by atoms with Gasteiger partial charge < -0.3 is 19.7 Å². The Morgan fingerprint density at radius 1 is 1.21 bits per heavy atom. The summed E-state index contributed by atoms with van der Waals surface area (Å²) in [5.74, 6) is 0.942. The molecule has 0 amide bonds. The molecule has 4 heteroatoms. The highest BCUT2D eigenvalue weighted by molar-refractivity contribution is 5.36. The molecule has 0 saturated heterocycles. The molecule has 0 aromatic heterocycles. The van der Waals surface area contributed by atoms with Crippen LogP contribution >= 0.6 is 0 Å². The maximum absolute atomic E-state index is 5.79. The smallest absolute Gasteiger partial charge is 0.124 e. The van der Waals surface area contributed by atoms with Crippen LogP contribution in [0.4, 0.5) is 0 Å². The zero-order chi connectivity index (χ0) is 14.1. The number of hydrogen-bond donors (Lipinski definition) is 1. The van der Waals surface area contributed by atoms with Crippen molar-refractivity contribution in [2.45, 2.75) is 12.5 Å². The van der Waals surface area contributed by atoms with Gasteiger partial charge in [0.15, 0.2) is 0 Å². The zero-order valence-electron chi connectivity index (χ0n) is 12.5. The van der Waals surface area contributed by atoms with Crippen LogP contribution in [0.25, 0.3) is 0 Å². The van der Waals surface area contributed by atoms with Crippen molar-refractivity contribution in [3.63, 3.8) is 0 Å². The molecule has 1 aromatic rings. The number of nitrogens with one attached hydrogen (secondary N) is 1. The molecule has 0 bridgehead atoms. The Balaban J connectivity index is 2.72. The molecule has 0 heterocycles. The van der Waals surface area contributed by atoms with Gasteiger partial charge in [-0.1, -0.05) is 18.2 Å². The molecule has 0 radical (unpaired) electrons. The highest BCUT2D eigenvalue weighted by atomic mass is 16.5. The molecular weight excluding hydrogens is 240 g/mol. The van der Waals surface area contributed by atoms with Gasteiger partial charge in [-0.3, -0.25) is 0 Å². The van der Waals surface area contributed by atoms with Crippen molar-refractivity contribution >= 4 is 0 Å². The third-order valence-corrected chi connectivity index (χ3v) is 3.05. The summed E-state index contributed by atoms with van der Waals surface area (Å²) in [6.45, 7) is 2.23. The Bertz CT molecular complexity index is 356. The Hall–Kier alpha value is -1.10. The van der Waals surface area contributed by atoms with Crippen LogP contribution in [0.2, 0.25) is 0 Å². The molecule has 1 unspecified atom stereocenters. The highest BCUT2D eigenvalue weighted by Crippen LogP contribution is 2.27. The second-order valence-electron chi connectivity index (χ2n) is 4.81. The number of para-hydroxylation sites is 1. The average molecular weight is 266 g/mol. The maximum Gasteiger partial charge on any atom is 0.124 e. The molecule has 0 saturated carbocycles. The monoisotopic (exact) mass is 266 g/mol. The van der Waals surface area contributed by atoms with E-state index in [-0.39, 0.29) is 0 Å². The van der Waals surface area contributed by atoms with Crippen LogP contribution in [-0.2, 0) is 4.74 Å². The lowest BCUT2D eigenvalue weighted by atomic mass is 10.0. The van der Waals surface area contributed by atoms with E-state index in [0.717, 1.165) is 18.7 Å². The van der Waals surface area contributed by atoms with E-state index in [1.54, 1.807) is 7.11 Å². The number of rotatable bonds is 9. The molecule has 1 atom stereocenters. The third-order valence-electron chi connectivity index (χ3n) is 3.05. The minimum Gasteiger partial charge on any atom is -0.491 e. The fourth-order valence-corrected chi connectivity index (χ4v) is 1.98. The Morgan fingerprint density at radius 3 is 2.58 bits per heavy atom. The van der Waals surface area contributed by atoms with Gasteiger partial charge in [-0.25, -0.2) is 0 Å². The van der Waals surface area contributed by atoms with Crippen LogP contribution in [-0.4, -0.2) is 52.9 Å². The van der Waals surface area contributed by atoms with Gasteiger partial charge in [0, 0.05) is 18.7 Å². The van der Waals surface area contributed by atoms with E-state index in [1.165, 1.54) is 5.56 Å². The average Bonchev–Trinajstić information content (AvgIpc) is 2.41. The largest absolute Gasteiger partial charge is 0.491 e. The molecule has 1 rings (SSSR count). The molecule has 1 aromatic carbocycles. The van der Waals surface area contributed by atoms with Crippen LogP contribution in [0.3, 0.4) is 0 Å². The first-order valence-corrected chi connectivity index (χ1v) is 6.71. The van der Waals surface area contributed by atoms with Crippen LogP contribution in [0.15, 0.2) is 24.3 Å². The van der Waals surface area contributed by atoms with Gasteiger partial charge in [-0.05, 0) is 40.2 Å². The lowest BCUT2D eigenvalue weighted by Crippen LogP contribution is -2.23. The molecule has 1 N–H and O–H groups in total. The van der Waals surface area contributed by atoms with Gasteiger partial charge in [0.25, 0.3) is 0 Å². The van der Waals surface area contributed by atoms with E-state index in [1.807, 2.05) is 19.2 Å². The van der Waals surface area contributed by atoms with Crippen LogP contribution in [0.5, 0.6) is 5.75 Å². The summed E-state index contributed by atoms with van der Waals surface area (Å²) in [7, 11) is 7.86. The minimum absolute atomic E-state index is 0.307. The fourth-order valence-electron chi connectivity index (χ4n) is 1.98. The Labute approximate surface area is 116 Å². The van der Waals surface area contributed by atoms with Crippen molar-refractivity contribution in [3.05, 3.63) is 29.8 Å². The molecule has 19 heavy (non-hydrogen) atoms. The molecule has 4 nitrogen and oxygen atoms in total. The van der Waals surface area contributed by atoms with E-state index in [9.17, 15) is 0 Å². The first-order chi connectivity index (χ1) is 9.19. The van der Waals surface area contributed by atoms with Crippen molar-refractivity contribution in [1.82, 2.24) is 10.2 Å². The van der Waals surface area contributed by atoms with E-state index < -0.39 is 0 Å². The zero-order valence-corrected chi connectivity index (χ0v) is 12.5. The second-order valence-corrected chi connectivity index (χ2v) is 4.81. The van der Waals surface area contributed by atoms with Gasteiger partial charge in [0.1, 0.15) is 12.4 Å². The number of benzene rings is 1. The highest BCUT2D eigenvalue weighted by Gasteiger charge is 2.14. The quantitative estimate of drug-likeness (QED) is 0.692. The predicted octanol–water partition coefficient (Wildman–Crippen LogP) is 1.92. The molecule has 0 fully saturated rings. The van der Waals surface area contributed by atoms with Crippen LogP contribution in [0, 0.1) is 0 Å². The summed E-state index contributed by atoms with van der Waals surface area (Å²) in [4.78, 5) is 2.19. The minimum atomic E-state index is 0.307. The van der Waals surface area contributed by atoms with Crippen molar-refractivity contribution in [1.29, 1.82) is 0 Å². The molecule has 0 aliphatic carbocycles. The van der Waals surface area contributed by atoms with Gasteiger partial charge in [-0.15, -0.1) is 0 Å². The summed E-state index contributed by atoms with van der Waals surface area (Å²) >= 11 is 0. The number of ether oxygens (including phenoxy) is 2. The van der Waals surface area contributed by atoms with Crippen LogP contribution in [0.1, 0.15) is 18.0 Å². The third kappa shape index (κ3) is 5.59. The SMILES string of the molecule is CNC(CCN(C)C)c1ccccc1OCCOC. The Kier molecular flexibility index (Phi) is 7.48. The van der Waals surface area contributed by atoms with Gasteiger partial charge in [-0.2, -0.15) is 0 Å². The summed E-state index contributed by atoms with van der Waals surface area (Å²) in [6.07, 6.45) is 1.05. The molecule has 108 valence electrons. The maximum atomic E-state index is 5.79. The van der Waals surface area contributed by atoms with Crippen molar-refractivity contribution < 1.29 is 9.47 Å². The molecule has 0 spiro atoms. The summed E-state index contributed by atoms with van der Waals surface area (Å²) < 4.78 is 10.8. The van der Waals surface area contributed by atoms with Gasteiger partial charge in [0.2, 0.25) is 0 Å². The number of nitrogens with zero attached hydrogens (tertiary/aromatic N) is 1. The topological polar surface area (TPSA) is 33.7 Å². The van der Waals surface area contributed by atoms with E-state index in [4.69, 9.17) is 9.47 Å². The van der Waals surface area contributed by atoms with Crippen molar-refractivity contribution in [2.24, 2.45) is 0 Å². The lowest BCUT2D eigenvalue weighted by molar-refractivity contribution is 0.145. The summed E-state index contributed by atoms with van der Waals surface area (Å²) in [5, 5.41) is 3.37. The molecule has 0 aliphatic rings. The first-order valence-electron chi connectivity index (χ1n) is 6.71. The van der Waals surface area contributed by atoms with Gasteiger partial charge >= 0.3 is 0 Å². The van der Waals surface area contributed by atoms with Crippen molar-refractivity contribution in [3.8, 4) is 5.75 Å². The standard InChI is InChI=1S/C15H26N2O2/c1-16-14(9-10-17(2)3)13-7-5-6-8-15(13)19-12-11-18-4/h5-8,14,16H,9-12H2,1-4H3. The summed E-state index contributed by atoms with van der Waals surface area (Å²) in [5.41, 5.74) is 1.21. The van der Waals surface area contributed by atoms with E-state index in [0.29, 0.717) is 19.3 Å². The van der Waals surface area contributed by atoms with Gasteiger partial charge in [0.05, 0.1) is 6.61 Å². The lowest BCUT2D eigenvalue weighted by Gasteiger charge is -2.21. The Morgan fingerprint density at radius 2 is 1.95 bits per heavy atom. The first kappa shape index (κ1) is 16.0. The van der Waals surface area contributed by atoms with Crippen molar-refractivity contribution in [2.75, 3.05) is 48.0 Å². The fraction of sp³-hybridized carbons (Fsp3) is 0.600. The second kappa shape index (κ2) is 8.91. The predicted molar refractivity (Wildman–Crippen MR) is 78.8 cm³/mol. The summed E-state index contributed by atoms with van der Waals surface area (Å²) in [6, 6.07) is 8.51.